The topological polar surface area (TPSA) is 92.4 Å². The first-order valence-corrected chi connectivity index (χ1v) is 8.51. The largest absolute Gasteiger partial charge is 0.494 e. The van der Waals surface area contributed by atoms with Crippen molar-refractivity contribution in [2.45, 2.75) is 25.8 Å². The van der Waals surface area contributed by atoms with E-state index < -0.39 is 11.2 Å². The van der Waals surface area contributed by atoms with Crippen molar-refractivity contribution in [3.8, 4) is 5.88 Å². The molecule has 7 nitrogen and oxygen atoms in total. The first-order chi connectivity index (χ1) is 12.4. The number of hydrogen-bond acceptors (Lipinski definition) is 4. The zero-order chi connectivity index (χ0) is 18.8. The second-order valence-electron chi connectivity index (χ2n) is 6.35. The molecule has 1 aromatic carbocycles. The van der Waals surface area contributed by atoms with Crippen molar-refractivity contribution < 1.29 is 5.11 Å². The Morgan fingerprint density at radius 2 is 1.96 bits per heavy atom. The Labute approximate surface area is 150 Å². The maximum absolute atomic E-state index is 12.2. The van der Waals surface area contributed by atoms with Crippen LogP contribution in [0, 0.1) is 0 Å². The van der Waals surface area contributed by atoms with Crippen LogP contribution < -0.4 is 11.2 Å². The molecule has 0 aliphatic rings. The van der Waals surface area contributed by atoms with Gasteiger partial charge < -0.3 is 10.1 Å². The van der Waals surface area contributed by atoms with E-state index in [4.69, 9.17) is 0 Å². The van der Waals surface area contributed by atoms with Gasteiger partial charge in [0.15, 0.2) is 0 Å². The molecule has 2 aromatic heterocycles. The van der Waals surface area contributed by atoms with Crippen molar-refractivity contribution in [2.75, 3.05) is 0 Å². The summed E-state index contributed by atoms with van der Waals surface area (Å²) in [6, 6.07) is 8.02. The number of benzene rings is 1. The van der Waals surface area contributed by atoms with E-state index in [0.717, 1.165) is 32.0 Å². The van der Waals surface area contributed by atoms with Gasteiger partial charge in [0.05, 0.1) is 6.04 Å². The Morgan fingerprint density at radius 3 is 2.69 bits per heavy atom. The van der Waals surface area contributed by atoms with E-state index in [2.05, 4.69) is 16.0 Å². The second kappa shape index (κ2) is 7.03. The van der Waals surface area contributed by atoms with E-state index >= 15 is 0 Å². The average molecular weight is 354 g/mol. The molecular weight excluding hydrogens is 332 g/mol. The maximum Gasteiger partial charge on any atom is 0.333 e. The zero-order valence-electron chi connectivity index (χ0n) is 15.1. The fourth-order valence-electron chi connectivity index (χ4n) is 3.01. The lowest BCUT2D eigenvalue weighted by Gasteiger charge is -2.10. The first-order valence-electron chi connectivity index (χ1n) is 8.51. The van der Waals surface area contributed by atoms with Gasteiger partial charge in [-0.1, -0.05) is 25.1 Å². The molecule has 136 valence electrons. The van der Waals surface area contributed by atoms with Gasteiger partial charge in [0, 0.05) is 37.4 Å². The number of aromatic nitrogens is 3. The van der Waals surface area contributed by atoms with Gasteiger partial charge >= 0.3 is 5.69 Å². The predicted molar refractivity (Wildman–Crippen MR) is 102 cm³/mol. The second-order valence-corrected chi connectivity index (χ2v) is 6.35. The summed E-state index contributed by atoms with van der Waals surface area (Å²) in [7, 11) is 2.79. The molecule has 0 fully saturated rings. The van der Waals surface area contributed by atoms with Gasteiger partial charge in [-0.15, -0.1) is 0 Å². The highest BCUT2D eigenvalue weighted by Gasteiger charge is 2.14. The van der Waals surface area contributed by atoms with Crippen molar-refractivity contribution in [3.05, 3.63) is 62.4 Å². The molecule has 26 heavy (non-hydrogen) atoms. The van der Waals surface area contributed by atoms with Crippen LogP contribution in [-0.4, -0.2) is 31.5 Å². The quantitative estimate of drug-likeness (QED) is 0.683. The van der Waals surface area contributed by atoms with Crippen molar-refractivity contribution in [2.24, 2.45) is 19.1 Å². The van der Waals surface area contributed by atoms with Gasteiger partial charge in [0.25, 0.3) is 5.56 Å². The van der Waals surface area contributed by atoms with Gasteiger partial charge in [-0.05, 0) is 24.5 Å². The highest BCUT2D eigenvalue weighted by atomic mass is 16.3. The van der Waals surface area contributed by atoms with Crippen LogP contribution in [0.3, 0.4) is 0 Å². The number of hydrogen-bond donors (Lipinski definition) is 2. The maximum atomic E-state index is 12.2. The number of nitrogens with one attached hydrogen (secondary N) is 1. The zero-order valence-corrected chi connectivity index (χ0v) is 15.1. The van der Waals surface area contributed by atoms with Crippen molar-refractivity contribution in [3.63, 3.8) is 0 Å². The number of aliphatic imine (C=N–C) groups is 1. The summed E-state index contributed by atoms with van der Waals surface area (Å²) in [5, 5.41) is 11.3. The molecule has 0 amide bonds. The summed E-state index contributed by atoms with van der Waals surface area (Å²) < 4.78 is 1.99. The van der Waals surface area contributed by atoms with E-state index in [1.807, 2.05) is 31.3 Å². The molecule has 0 saturated heterocycles. The molecule has 2 N–H and O–H groups in total. The van der Waals surface area contributed by atoms with Crippen LogP contribution >= 0.6 is 0 Å². The Kier molecular flexibility index (Phi) is 4.79. The molecule has 3 rings (SSSR count). The molecule has 0 radical (unpaired) electrons. The molecule has 0 aliphatic heterocycles. The van der Waals surface area contributed by atoms with Crippen LogP contribution in [0.25, 0.3) is 10.9 Å². The minimum absolute atomic E-state index is 0.0203. The van der Waals surface area contributed by atoms with E-state index in [1.54, 1.807) is 0 Å². The van der Waals surface area contributed by atoms with E-state index in [1.165, 1.54) is 20.3 Å². The number of H-pyrrole nitrogens is 1. The lowest BCUT2D eigenvalue weighted by Crippen LogP contribution is -2.38. The normalized spacial score (nSPS) is 12.9. The predicted octanol–water partition coefficient (Wildman–Crippen LogP) is 1.71. The highest BCUT2D eigenvalue weighted by molar-refractivity contribution is 5.83. The van der Waals surface area contributed by atoms with Crippen molar-refractivity contribution in [1.29, 1.82) is 0 Å². The molecule has 3 aromatic rings. The van der Waals surface area contributed by atoms with Crippen LogP contribution in [0.1, 0.15) is 24.5 Å². The Balaban J connectivity index is 1.92. The molecule has 7 heteroatoms. The molecule has 2 heterocycles. The van der Waals surface area contributed by atoms with Gasteiger partial charge in [-0.3, -0.25) is 18.9 Å². The number of aromatic hydroxyl groups is 1. The highest BCUT2D eigenvalue weighted by Crippen LogP contribution is 2.20. The lowest BCUT2D eigenvalue weighted by molar-refractivity contribution is 0.410. The van der Waals surface area contributed by atoms with E-state index in [0.29, 0.717) is 6.42 Å². The van der Waals surface area contributed by atoms with Gasteiger partial charge in [-0.25, -0.2) is 4.79 Å². The minimum Gasteiger partial charge on any atom is -0.494 e. The standard InChI is InChI=1S/C19H22N4O3/c1-4-13(9-12-10-21-16-8-6-5-7-14(12)16)20-11-15-17(24)22(2)19(26)23(3)18(15)25/h5-8,10-11,13,21,24H,4,9H2,1-3H3/t13-/m1/s1. The summed E-state index contributed by atoms with van der Waals surface area (Å²) in [6.07, 6.45) is 4.85. The third-order valence-electron chi connectivity index (χ3n) is 4.68. The molecule has 1 atom stereocenters. The van der Waals surface area contributed by atoms with Crippen LogP contribution in [0.15, 0.2) is 45.0 Å². The summed E-state index contributed by atoms with van der Waals surface area (Å²) in [6.45, 7) is 2.02. The molecule has 0 spiro atoms. The number of para-hydroxylation sites is 1. The molecule has 0 bridgehead atoms. The average Bonchev–Trinajstić information content (AvgIpc) is 3.06. The molecule has 0 unspecified atom stereocenters. The van der Waals surface area contributed by atoms with E-state index in [-0.39, 0.29) is 17.5 Å². The molecular formula is C19H22N4O3. The van der Waals surface area contributed by atoms with Gasteiger partial charge in [-0.2, -0.15) is 0 Å². The first kappa shape index (κ1) is 17.7. The number of fused-ring (bicyclic) bond motifs is 1. The summed E-state index contributed by atoms with van der Waals surface area (Å²) in [4.78, 5) is 31.8. The van der Waals surface area contributed by atoms with Crippen LogP contribution in [-0.2, 0) is 20.5 Å². The third-order valence-corrected chi connectivity index (χ3v) is 4.68. The van der Waals surface area contributed by atoms with Crippen LogP contribution in [0.4, 0.5) is 0 Å². The minimum atomic E-state index is -0.574. The molecule has 0 aliphatic carbocycles. The fourth-order valence-corrected chi connectivity index (χ4v) is 3.01. The Morgan fingerprint density at radius 1 is 1.23 bits per heavy atom. The Bertz CT molecular complexity index is 1090. The SMILES string of the molecule is CC[C@H](Cc1c[nH]c2ccccc12)N=Cc1c(O)n(C)c(=O)n(C)c1=O. The fraction of sp³-hybridized carbons (Fsp3) is 0.316. The number of rotatable bonds is 5. The van der Waals surface area contributed by atoms with Crippen molar-refractivity contribution >= 4 is 17.1 Å². The smallest absolute Gasteiger partial charge is 0.333 e. The Hall–Kier alpha value is -3.09. The van der Waals surface area contributed by atoms with E-state index in [9.17, 15) is 14.7 Å². The molecule has 0 saturated carbocycles. The summed E-state index contributed by atoms with van der Waals surface area (Å²) in [5.74, 6) is -0.371. The monoisotopic (exact) mass is 354 g/mol. The van der Waals surface area contributed by atoms with Crippen molar-refractivity contribution in [1.82, 2.24) is 14.1 Å². The summed E-state index contributed by atoms with van der Waals surface area (Å²) >= 11 is 0. The van der Waals surface area contributed by atoms with Gasteiger partial charge in [0.1, 0.15) is 5.56 Å². The number of nitrogens with zero attached hydrogens (tertiary/aromatic N) is 3. The van der Waals surface area contributed by atoms with Gasteiger partial charge in [0.2, 0.25) is 5.88 Å². The lowest BCUT2D eigenvalue weighted by atomic mass is 10.0. The van der Waals surface area contributed by atoms with Crippen LogP contribution in [0.2, 0.25) is 0 Å². The summed E-state index contributed by atoms with van der Waals surface area (Å²) in [5.41, 5.74) is 1.12. The number of aromatic amines is 1. The third kappa shape index (κ3) is 3.08. The van der Waals surface area contributed by atoms with Crippen LogP contribution in [0.5, 0.6) is 5.88 Å².